The average Bonchev–Trinajstić information content (AvgIpc) is 3.65. The maximum atomic E-state index is 2.57. The highest BCUT2D eigenvalue weighted by molar-refractivity contribution is 7.25. The Kier molecular flexibility index (Phi) is 3.36. The van der Waals surface area contributed by atoms with Gasteiger partial charge in [0.1, 0.15) is 0 Å². The van der Waals surface area contributed by atoms with Gasteiger partial charge in [0.05, 0.1) is 16.6 Å². The lowest BCUT2D eigenvalue weighted by molar-refractivity contribution is 1.16. The fourth-order valence-electron chi connectivity index (χ4n) is 8.01. The number of hydrogen-bond acceptors (Lipinski definition) is 1. The molecule has 0 unspecified atom stereocenters. The van der Waals surface area contributed by atoms with Crippen LogP contribution in [0.2, 0.25) is 0 Å². The minimum Gasteiger partial charge on any atom is -0.310 e. The van der Waals surface area contributed by atoms with Crippen molar-refractivity contribution in [2.45, 2.75) is 0 Å². The van der Waals surface area contributed by atoms with Gasteiger partial charge in [-0.3, -0.25) is 0 Å². The first-order valence-corrected chi connectivity index (χ1v) is 14.7. The molecular weight excluding hydrogens is 503 g/mol. The Labute approximate surface area is 233 Å². The normalized spacial score (nSPS) is 13.4. The zero-order chi connectivity index (χ0) is 25.7. The van der Waals surface area contributed by atoms with Crippen LogP contribution in [-0.2, 0) is 0 Å². The molecule has 5 heterocycles. The summed E-state index contributed by atoms with van der Waals surface area (Å²) >= 11 is 1.90. The molecule has 3 aromatic heterocycles. The van der Waals surface area contributed by atoms with Gasteiger partial charge in [0.25, 0.3) is 6.71 Å². The van der Waals surface area contributed by atoms with Crippen LogP contribution >= 0.6 is 11.3 Å². The first-order valence-electron chi connectivity index (χ1n) is 13.9. The van der Waals surface area contributed by atoms with Crippen LogP contribution in [0.15, 0.2) is 115 Å². The summed E-state index contributed by atoms with van der Waals surface area (Å²) in [4.78, 5) is 0. The summed E-state index contributed by atoms with van der Waals surface area (Å²) in [7, 11) is 0. The fraction of sp³-hybridized carbons (Fsp3) is 0. The van der Waals surface area contributed by atoms with Crippen molar-refractivity contribution in [3.8, 4) is 11.4 Å². The van der Waals surface area contributed by atoms with E-state index in [-0.39, 0.29) is 6.71 Å². The Bertz CT molecular complexity index is 2610. The number of para-hydroxylation sites is 3. The van der Waals surface area contributed by atoms with Crippen LogP contribution < -0.4 is 16.4 Å². The van der Waals surface area contributed by atoms with E-state index in [0.29, 0.717) is 0 Å². The average molecular weight is 522 g/mol. The summed E-state index contributed by atoms with van der Waals surface area (Å²) < 4.78 is 7.81. The molecule has 11 rings (SSSR count). The molecule has 40 heavy (non-hydrogen) atoms. The first kappa shape index (κ1) is 20.2. The molecule has 182 valence electrons. The van der Waals surface area contributed by atoms with E-state index in [1.54, 1.807) is 0 Å². The van der Waals surface area contributed by atoms with Crippen LogP contribution in [-0.4, -0.2) is 15.8 Å². The van der Waals surface area contributed by atoms with E-state index in [1.807, 2.05) is 11.3 Å². The summed E-state index contributed by atoms with van der Waals surface area (Å²) in [6.45, 7) is 0.203. The number of rotatable bonds is 0. The molecule has 0 radical (unpaired) electrons. The monoisotopic (exact) mass is 522 g/mol. The Hall–Kier alpha value is -4.80. The van der Waals surface area contributed by atoms with Crippen LogP contribution in [0.25, 0.3) is 75.2 Å². The van der Waals surface area contributed by atoms with E-state index in [1.165, 1.54) is 91.5 Å². The number of benzene rings is 6. The van der Waals surface area contributed by atoms with Crippen molar-refractivity contribution in [1.82, 2.24) is 9.13 Å². The minimum atomic E-state index is 0.203. The molecule has 2 nitrogen and oxygen atoms in total. The van der Waals surface area contributed by atoms with Crippen molar-refractivity contribution in [2.24, 2.45) is 0 Å². The SMILES string of the molecule is c1ccc2c(c1)B1c3cccc4c5ccccc5n(c34)-c3ccc4c5cc6sc7ccccc7c6cc5n-2c4c31. The molecule has 0 amide bonds. The van der Waals surface area contributed by atoms with Crippen LogP contribution in [0.4, 0.5) is 0 Å². The highest BCUT2D eigenvalue weighted by Crippen LogP contribution is 2.43. The summed E-state index contributed by atoms with van der Waals surface area (Å²) in [5.74, 6) is 0. The summed E-state index contributed by atoms with van der Waals surface area (Å²) in [5, 5.41) is 8.06. The van der Waals surface area contributed by atoms with E-state index >= 15 is 0 Å². The molecule has 4 heteroatoms. The van der Waals surface area contributed by atoms with Gasteiger partial charge in [-0.1, -0.05) is 78.9 Å². The third-order valence-corrected chi connectivity index (χ3v) is 10.6. The fourth-order valence-corrected chi connectivity index (χ4v) is 9.14. The third kappa shape index (κ3) is 2.13. The molecule has 0 saturated heterocycles. The molecule has 0 saturated carbocycles. The molecule has 0 bridgehead atoms. The van der Waals surface area contributed by atoms with Crippen molar-refractivity contribution in [2.75, 3.05) is 0 Å². The predicted octanol–water partition coefficient (Wildman–Crippen LogP) is 7.39. The van der Waals surface area contributed by atoms with Gasteiger partial charge in [-0.15, -0.1) is 11.3 Å². The molecule has 0 aliphatic carbocycles. The lowest BCUT2D eigenvalue weighted by Gasteiger charge is -2.33. The largest absolute Gasteiger partial charge is 0.310 e. The number of fused-ring (bicyclic) bond motifs is 14. The van der Waals surface area contributed by atoms with Crippen molar-refractivity contribution in [1.29, 1.82) is 0 Å². The maximum absolute atomic E-state index is 2.57. The molecular formula is C36H19BN2S. The van der Waals surface area contributed by atoms with Gasteiger partial charge in [-0.2, -0.15) is 0 Å². The van der Waals surface area contributed by atoms with Crippen molar-refractivity contribution < 1.29 is 0 Å². The summed E-state index contributed by atoms with van der Waals surface area (Å²) in [6, 6.07) is 43.4. The van der Waals surface area contributed by atoms with Gasteiger partial charge in [-0.05, 0) is 52.8 Å². The van der Waals surface area contributed by atoms with Crippen LogP contribution in [0.5, 0.6) is 0 Å². The second-order valence-electron chi connectivity index (χ2n) is 11.3. The lowest BCUT2D eigenvalue weighted by atomic mass is 9.34. The first-order chi connectivity index (χ1) is 19.9. The molecule has 0 fully saturated rings. The number of nitrogens with zero attached hydrogens (tertiary/aromatic N) is 2. The number of aromatic nitrogens is 2. The van der Waals surface area contributed by atoms with Crippen molar-refractivity contribution in [3.63, 3.8) is 0 Å². The smallest absolute Gasteiger partial charge is 0.252 e. The van der Waals surface area contributed by atoms with Gasteiger partial charge in [0.15, 0.2) is 0 Å². The highest BCUT2D eigenvalue weighted by atomic mass is 32.1. The number of thiophene rings is 1. The topological polar surface area (TPSA) is 9.86 Å². The van der Waals surface area contributed by atoms with Gasteiger partial charge in [0.2, 0.25) is 0 Å². The van der Waals surface area contributed by atoms with Gasteiger partial charge in [0, 0.05) is 58.6 Å². The molecule has 0 spiro atoms. The lowest BCUT2D eigenvalue weighted by Crippen LogP contribution is -2.59. The van der Waals surface area contributed by atoms with Crippen LogP contribution in [0.1, 0.15) is 0 Å². The Balaban J connectivity index is 1.41. The van der Waals surface area contributed by atoms with Gasteiger partial charge < -0.3 is 9.13 Å². The van der Waals surface area contributed by atoms with E-state index in [4.69, 9.17) is 0 Å². The zero-order valence-electron chi connectivity index (χ0n) is 21.3. The Morgan fingerprint density at radius 1 is 0.450 bits per heavy atom. The zero-order valence-corrected chi connectivity index (χ0v) is 22.2. The molecule has 0 atom stereocenters. The van der Waals surface area contributed by atoms with E-state index in [0.717, 1.165) is 0 Å². The number of hydrogen-bond donors (Lipinski definition) is 0. The highest BCUT2D eigenvalue weighted by Gasteiger charge is 2.40. The molecule has 6 aromatic carbocycles. The van der Waals surface area contributed by atoms with Gasteiger partial charge >= 0.3 is 0 Å². The van der Waals surface area contributed by atoms with Crippen molar-refractivity contribution in [3.05, 3.63) is 115 Å². The van der Waals surface area contributed by atoms with Crippen LogP contribution in [0, 0.1) is 0 Å². The summed E-state index contributed by atoms with van der Waals surface area (Å²) in [5.41, 5.74) is 12.1. The van der Waals surface area contributed by atoms with E-state index < -0.39 is 0 Å². The molecule has 0 N–H and O–H groups in total. The summed E-state index contributed by atoms with van der Waals surface area (Å²) in [6.07, 6.45) is 0. The maximum Gasteiger partial charge on any atom is 0.252 e. The standard InChI is InChI=1S/C36H19BN2S/c1-4-13-28-20(8-1)22-10-7-12-27-35(22)38(28)30-17-16-23-24-19-33-25(21-9-2-6-15-32(21)40-33)18-31(24)39-29-14-5-3-11-26(29)37(27)34(30)36(23)39/h1-19H. The van der Waals surface area contributed by atoms with Gasteiger partial charge in [-0.25, -0.2) is 0 Å². The Morgan fingerprint density at radius 3 is 2.17 bits per heavy atom. The molecule has 2 aliphatic rings. The third-order valence-electron chi connectivity index (χ3n) is 9.50. The molecule has 9 aromatic rings. The molecule has 2 aliphatic heterocycles. The second kappa shape index (κ2) is 6.67. The Morgan fingerprint density at radius 2 is 1.20 bits per heavy atom. The van der Waals surface area contributed by atoms with Crippen LogP contribution in [0.3, 0.4) is 0 Å². The van der Waals surface area contributed by atoms with E-state index in [9.17, 15) is 0 Å². The predicted molar refractivity (Wildman–Crippen MR) is 173 cm³/mol. The van der Waals surface area contributed by atoms with E-state index in [2.05, 4.69) is 124 Å². The second-order valence-corrected chi connectivity index (χ2v) is 12.4. The minimum absolute atomic E-state index is 0.203. The van der Waals surface area contributed by atoms with Crippen molar-refractivity contribution >= 4 is 98.2 Å². The quantitative estimate of drug-likeness (QED) is 0.184.